The molecule has 1 aromatic carbocycles. The van der Waals surface area contributed by atoms with E-state index in [1.165, 1.54) is 24.0 Å². The molecule has 108 valence electrons. The summed E-state index contributed by atoms with van der Waals surface area (Å²) in [5.41, 5.74) is 2.00. The third-order valence-corrected chi connectivity index (χ3v) is 4.73. The van der Waals surface area contributed by atoms with Gasteiger partial charge in [-0.3, -0.25) is 4.79 Å². The van der Waals surface area contributed by atoms with Gasteiger partial charge in [0, 0.05) is 6.42 Å². The lowest BCUT2D eigenvalue weighted by atomic mass is 9.98. The Bertz CT molecular complexity index is 528. The number of aryl methyl sites for hydroxylation is 2. The van der Waals surface area contributed by atoms with E-state index >= 15 is 0 Å². The highest BCUT2D eigenvalue weighted by Crippen LogP contribution is 2.34. The molecule has 0 aromatic heterocycles. The number of carboxylic acids is 1. The van der Waals surface area contributed by atoms with Crippen LogP contribution in [0.4, 0.5) is 0 Å². The minimum atomic E-state index is -0.818. The molecule has 0 amide bonds. The van der Waals surface area contributed by atoms with Crippen molar-refractivity contribution in [2.24, 2.45) is 0 Å². The van der Waals surface area contributed by atoms with Gasteiger partial charge in [0.1, 0.15) is 17.4 Å². The van der Waals surface area contributed by atoms with Gasteiger partial charge in [-0.1, -0.05) is 6.07 Å². The highest BCUT2D eigenvalue weighted by molar-refractivity contribution is 5.79. The van der Waals surface area contributed by atoms with E-state index in [1.54, 1.807) is 7.05 Å². The monoisotopic (exact) mass is 275 g/mol. The largest absolute Gasteiger partial charge is 0.490 e. The molecular weight excluding hydrogens is 254 g/mol. The second-order valence-corrected chi connectivity index (χ2v) is 5.90. The highest BCUT2D eigenvalue weighted by Gasteiger charge is 2.45. The number of carboxylic acid groups (broad SMARTS) is 1. The van der Waals surface area contributed by atoms with Gasteiger partial charge in [-0.2, -0.15) is 0 Å². The summed E-state index contributed by atoms with van der Waals surface area (Å²) in [7, 11) is 1.71. The average Bonchev–Trinajstić information content (AvgIpc) is 3.05. The van der Waals surface area contributed by atoms with E-state index < -0.39 is 11.5 Å². The summed E-state index contributed by atoms with van der Waals surface area (Å²) < 4.78 is 6.00. The van der Waals surface area contributed by atoms with Gasteiger partial charge in [-0.15, -0.1) is 0 Å². The zero-order valence-corrected chi connectivity index (χ0v) is 11.8. The maximum atomic E-state index is 11.4. The molecule has 4 heteroatoms. The van der Waals surface area contributed by atoms with Gasteiger partial charge in [-0.05, 0) is 62.4 Å². The quantitative estimate of drug-likeness (QED) is 0.884. The maximum Gasteiger partial charge on any atom is 0.324 e. The number of hydrogen-bond acceptors (Lipinski definition) is 3. The molecule has 1 saturated carbocycles. The first kappa shape index (κ1) is 13.4. The van der Waals surface area contributed by atoms with E-state index in [9.17, 15) is 9.90 Å². The molecule has 2 unspecified atom stereocenters. The summed E-state index contributed by atoms with van der Waals surface area (Å²) in [6, 6.07) is 6.29. The lowest BCUT2D eigenvalue weighted by Crippen LogP contribution is -2.48. The van der Waals surface area contributed by atoms with Crippen molar-refractivity contribution in [2.45, 2.75) is 50.2 Å². The molecule has 20 heavy (non-hydrogen) atoms. The van der Waals surface area contributed by atoms with E-state index in [2.05, 4.69) is 17.4 Å². The fourth-order valence-electron chi connectivity index (χ4n) is 3.44. The van der Waals surface area contributed by atoms with Crippen LogP contribution < -0.4 is 10.1 Å². The van der Waals surface area contributed by atoms with Gasteiger partial charge in [0.25, 0.3) is 0 Å². The van der Waals surface area contributed by atoms with E-state index in [0.29, 0.717) is 12.8 Å². The Hall–Kier alpha value is -1.55. The highest BCUT2D eigenvalue weighted by atomic mass is 16.5. The molecule has 3 rings (SSSR count). The van der Waals surface area contributed by atoms with Crippen molar-refractivity contribution in [1.29, 1.82) is 0 Å². The van der Waals surface area contributed by atoms with Gasteiger partial charge < -0.3 is 15.2 Å². The van der Waals surface area contributed by atoms with Crippen molar-refractivity contribution >= 4 is 5.97 Å². The SMILES string of the molecule is CNC1(C(=O)O)CCC(Oc2ccc3c(c2)CCC3)C1. The smallest absolute Gasteiger partial charge is 0.324 e. The van der Waals surface area contributed by atoms with Crippen molar-refractivity contribution in [3.63, 3.8) is 0 Å². The minimum Gasteiger partial charge on any atom is -0.490 e. The Labute approximate surface area is 119 Å². The third kappa shape index (κ3) is 2.29. The Morgan fingerprint density at radius 1 is 1.40 bits per heavy atom. The van der Waals surface area contributed by atoms with Crippen LogP contribution in [-0.4, -0.2) is 29.8 Å². The minimum absolute atomic E-state index is 0.0157. The van der Waals surface area contributed by atoms with Crippen LogP contribution >= 0.6 is 0 Å². The number of nitrogens with one attached hydrogen (secondary N) is 1. The molecule has 0 bridgehead atoms. The normalized spacial score (nSPS) is 28.4. The molecule has 1 aromatic rings. The Morgan fingerprint density at radius 2 is 2.20 bits per heavy atom. The number of rotatable bonds is 4. The van der Waals surface area contributed by atoms with E-state index in [0.717, 1.165) is 18.6 Å². The number of likely N-dealkylation sites (N-methyl/N-ethyl adjacent to an activating group) is 1. The molecule has 4 nitrogen and oxygen atoms in total. The van der Waals surface area contributed by atoms with Crippen LogP contribution in [0.2, 0.25) is 0 Å². The molecule has 2 N–H and O–H groups in total. The lowest BCUT2D eigenvalue weighted by Gasteiger charge is -2.23. The predicted octanol–water partition coefficient (Wildman–Crippen LogP) is 2.15. The van der Waals surface area contributed by atoms with Gasteiger partial charge in [-0.25, -0.2) is 0 Å². The molecule has 0 aliphatic heterocycles. The Kier molecular flexibility index (Phi) is 3.42. The average molecular weight is 275 g/mol. The summed E-state index contributed by atoms with van der Waals surface area (Å²) in [6.07, 6.45) is 5.44. The topological polar surface area (TPSA) is 58.6 Å². The van der Waals surface area contributed by atoms with Crippen LogP contribution in [0.1, 0.15) is 36.8 Å². The van der Waals surface area contributed by atoms with Gasteiger partial charge in [0.2, 0.25) is 0 Å². The summed E-state index contributed by atoms with van der Waals surface area (Å²) in [5.74, 6) is 0.105. The number of benzene rings is 1. The van der Waals surface area contributed by atoms with Crippen LogP contribution in [0.15, 0.2) is 18.2 Å². The van der Waals surface area contributed by atoms with Crippen molar-refractivity contribution in [1.82, 2.24) is 5.32 Å². The summed E-state index contributed by atoms with van der Waals surface area (Å²) in [4.78, 5) is 11.4. The maximum absolute atomic E-state index is 11.4. The molecule has 2 aliphatic carbocycles. The number of fused-ring (bicyclic) bond motifs is 1. The van der Waals surface area contributed by atoms with Gasteiger partial charge in [0.05, 0.1) is 0 Å². The van der Waals surface area contributed by atoms with E-state index in [-0.39, 0.29) is 6.10 Å². The summed E-state index contributed by atoms with van der Waals surface area (Å²) in [5, 5.41) is 12.3. The summed E-state index contributed by atoms with van der Waals surface area (Å²) in [6.45, 7) is 0. The van der Waals surface area contributed by atoms with Crippen molar-refractivity contribution in [2.75, 3.05) is 7.05 Å². The first-order valence-corrected chi connectivity index (χ1v) is 7.34. The Balaban J connectivity index is 1.69. The first-order chi connectivity index (χ1) is 9.63. The van der Waals surface area contributed by atoms with Crippen molar-refractivity contribution in [3.8, 4) is 5.75 Å². The fourth-order valence-corrected chi connectivity index (χ4v) is 3.44. The molecule has 0 saturated heterocycles. The molecule has 0 spiro atoms. The number of carbonyl (C=O) groups is 1. The molecule has 2 aliphatic rings. The van der Waals surface area contributed by atoms with Crippen LogP contribution in [-0.2, 0) is 17.6 Å². The van der Waals surface area contributed by atoms with Gasteiger partial charge in [0.15, 0.2) is 0 Å². The van der Waals surface area contributed by atoms with Crippen molar-refractivity contribution < 1.29 is 14.6 Å². The Morgan fingerprint density at radius 3 is 2.90 bits per heavy atom. The standard InChI is InChI=1S/C16H21NO3/c1-17-16(15(18)19)8-7-14(10-16)20-13-6-5-11-3-2-4-12(11)9-13/h5-6,9,14,17H,2-4,7-8,10H2,1H3,(H,18,19). The van der Waals surface area contributed by atoms with Crippen molar-refractivity contribution in [3.05, 3.63) is 29.3 Å². The van der Waals surface area contributed by atoms with E-state index in [4.69, 9.17) is 4.74 Å². The predicted molar refractivity (Wildman–Crippen MR) is 76.2 cm³/mol. The second-order valence-electron chi connectivity index (χ2n) is 5.90. The van der Waals surface area contributed by atoms with Gasteiger partial charge >= 0.3 is 5.97 Å². The molecule has 2 atom stereocenters. The fraction of sp³-hybridized carbons (Fsp3) is 0.562. The molecule has 0 radical (unpaired) electrons. The lowest BCUT2D eigenvalue weighted by molar-refractivity contribution is -0.144. The second kappa shape index (κ2) is 5.09. The zero-order chi connectivity index (χ0) is 14.2. The summed E-state index contributed by atoms with van der Waals surface area (Å²) >= 11 is 0. The van der Waals surface area contributed by atoms with E-state index in [1.807, 2.05) is 6.07 Å². The first-order valence-electron chi connectivity index (χ1n) is 7.34. The number of hydrogen-bond donors (Lipinski definition) is 2. The third-order valence-electron chi connectivity index (χ3n) is 4.73. The zero-order valence-electron chi connectivity index (χ0n) is 11.8. The molecular formula is C16H21NO3. The van der Waals surface area contributed by atoms with Crippen LogP contribution in [0, 0.1) is 0 Å². The van der Waals surface area contributed by atoms with Crippen LogP contribution in [0.3, 0.4) is 0 Å². The number of aliphatic carboxylic acids is 1. The molecule has 1 fully saturated rings. The molecule has 0 heterocycles. The van der Waals surface area contributed by atoms with Crippen LogP contribution in [0.25, 0.3) is 0 Å². The van der Waals surface area contributed by atoms with Crippen LogP contribution in [0.5, 0.6) is 5.75 Å². The number of ether oxygens (including phenoxy) is 1.